The van der Waals surface area contributed by atoms with Gasteiger partial charge in [-0.3, -0.25) is 14.9 Å². The maximum atomic E-state index is 11.7. The minimum atomic E-state index is 0.0185. The van der Waals surface area contributed by atoms with E-state index in [2.05, 4.69) is 20.5 Å². The highest BCUT2D eigenvalue weighted by Gasteiger charge is 2.14. The van der Waals surface area contributed by atoms with Gasteiger partial charge in [-0.2, -0.15) is 5.10 Å². The molecule has 0 saturated carbocycles. The summed E-state index contributed by atoms with van der Waals surface area (Å²) < 4.78 is 0. The Hall–Kier alpha value is -2.37. The molecule has 20 heavy (non-hydrogen) atoms. The summed E-state index contributed by atoms with van der Waals surface area (Å²) in [6, 6.07) is 5.72. The Labute approximate surface area is 118 Å². The van der Waals surface area contributed by atoms with Crippen molar-refractivity contribution >= 4 is 11.6 Å². The average Bonchev–Trinajstić information content (AvgIpc) is 2.87. The summed E-state index contributed by atoms with van der Waals surface area (Å²) in [6.45, 7) is 1.97. The van der Waals surface area contributed by atoms with Crippen LogP contribution in [0.3, 0.4) is 0 Å². The molecule has 6 nitrogen and oxygen atoms in total. The van der Waals surface area contributed by atoms with Crippen LogP contribution < -0.4 is 5.32 Å². The van der Waals surface area contributed by atoms with Crippen molar-refractivity contribution < 1.29 is 4.79 Å². The van der Waals surface area contributed by atoms with E-state index in [1.807, 2.05) is 25.1 Å². The fraction of sp³-hybridized carbons (Fsp3) is 0.357. The molecule has 0 spiro atoms. The second-order valence-corrected chi connectivity index (χ2v) is 4.91. The molecule has 0 fully saturated rings. The van der Waals surface area contributed by atoms with Crippen LogP contribution in [0.25, 0.3) is 11.4 Å². The van der Waals surface area contributed by atoms with E-state index in [4.69, 9.17) is 0 Å². The van der Waals surface area contributed by atoms with E-state index in [9.17, 15) is 4.79 Å². The molecule has 0 aromatic carbocycles. The molecule has 2 heterocycles. The number of nitrogens with zero attached hydrogens (tertiary/aromatic N) is 3. The minimum absolute atomic E-state index is 0.0185. The molecule has 0 radical (unpaired) electrons. The van der Waals surface area contributed by atoms with Crippen LogP contribution in [0, 0.1) is 0 Å². The third kappa shape index (κ3) is 3.34. The Kier molecular flexibility index (Phi) is 4.34. The normalized spacial score (nSPS) is 11.9. The molecule has 0 aliphatic rings. The predicted molar refractivity (Wildman–Crippen MR) is 78.2 cm³/mol. The molecule has 2 aromatic rings. The second kappa shape index (κ2) is 6.18. The molecule has 1 atom stereocenters. The summed E-state index contributed by atoms with van der Waals surface area (Å²) in [5.41, 5.74) is 2.50. The third-order valence-corrected chi connectivity index (χ3v) is 2.94. The van der Waals surface area contributed by atoms with Crippen LogP contribution in [-0.2, 0) is 4.79 Å². The third-order valence-electron chi connectivity index (χ3n) is 2.94. The highest BCUT2D eigenvalue weighted by molar-refractivity contribution is 5.77. The Morgan fingerprint density at radius 3 is 2.90 bits per heavy atom. The number of nitrogens with one attached hydrogen (secondary N) is 2. The van der Waals surface area contributed by atoms with E-state index in [1.54, 1.807) is 31.4 Å². The van der Waals surface area contributed by atoms with Crippen molar-refractivity contribution in [1.82, 2.24) is 20.1 Å². The molecular weight excluding hydrogens is 254 g/mol. The molecule has 2 aromatic heterocycles. The number of pyridine rings is 1. The first-order valence-corrected chi connectivity index (χ1v) is 6.49. The quantitative estimate of drug-likeness (QED) is 0.870. The highest BCUT2D eigenvalue weighted by Crippen LogP contribution is 2.24. The van der Waals surface area contributed by atoms with Gasteiger partial charge in [-0.15, -0.1) is 0 Å². The number of hydrogen-bond donors (Lipinski definition) is 2. The number of H-pyrrole nitrogens is 1. The number of aromatic amines is 1. The van der Waals surface area contributed by atoms with Crippen LogP contribution in [-0.4, -0.2) is 46.1 Å². The van der Waals surface area contributed by atoms with Gasteiger partial charge >= 0.3 is 0 Å². The van der Waals surface area contributed by atoms with Gasteiger partial charge in [0.15, 0.2) is 0 Å². The van der Waals surface area contributed by atoms with Gasteiger partial charge < -0.3 is 10.2 Å². The summed E-state index contributed by atoms with van der Waals surface area (Å²) >= 11 is 0. The van der Waals surface area contributed by atoms with Gasteiger partial charge in [0.1, 0.15) is 5.69 Å². The van der Waals surface area contributed by atoms with Crippen molar-refractivity contribution in [1.29, 1.82) is 0 Å². The summed E-state index contributed by atoms with van der Waals surface area (Å²) in [5.74, 6) is 0.0906. The van der Waals surface area contributed by atoms with Crippen molar-refractivity contribution in [2.24, 2.45) is 0 Å². The number of carbonyl (C=O) groups is 1. The molecule has 0 aliphatic carbocycles. The zero-order valence-electron chi connectivity index (χ0n) is 11.9. The van der Waals surface area contributed by atoms with Crippen LogP contribution in [0.4, 0.5) is 5.69 Å². The van der Waals surface area contributed by atoms with Gasteiger partial charge in [-0.25, -0.2) is 0 Å². The molecule has 2 N–H and O–H groups in total. The van der Waals surface area contributed by atoms with E-state index < -0.39 is 0 Å². The second-order valence-electron chi connectivity index (χ2n) is 4.91. The number of rotatable bonds is 5. The van der Waals surface area contributed by atoms with Gasteiger partial charge in [0.2, 0.25) is 5.91 Å². The number of hydrogen-bond acceptors (Lipinski definition) is 4. The molecule has 106 valence electrons. The van der Waals surface area contributed by atoms with Gasteiger partial charge in [-0.05, 0) is 19.1 Å². The first-order valence-electron chi connectivity index (χ1n) is 6.49. The fourth-order valence-electron chi connectivity index (χ4n) is 1.86. The summed E-state index contributed by atoms with van der Waals surface area (Å²) in [5, 5.41) is 10.3. The molecule has 1 amide bonds. The lowest BCUT2D eigenvalue weighted by Gasteiger charge is -2.17. The zero-order chi connectivity index (χ0) is 14.5. The average molecular weight is 273 g/mol. The van der Waals surface area contributed by atoms with Crippen molar-refractivity contribution in [3.63, 3.8) is 0 Å². The molecule has 0 bridgehead atoms. The van der Waals surface area contributed by atoms with Crippen LogP contribution >= 0.6 is 0 Å². The van der Waals surface area contributed by atoms with Gasteiger partial charge in [0, 0.05) is 32.8 Å². The van der Waals surface area contributed by atoms with E-state index >= 15 is 0 Å². The minimum Gasteiger partial charge on any atom is -0.379 e. The maximum Gasteiger partial charge on any atom is 0.224 e. The van der Waals surface area contributed by atoms with Crippen molar-refractivity contribution in [2.45, 2.75) is 19.4 Å². The molecule has 0 saturated heterocycles. The monoisotopic (exact) mass is 273 g/mol. The molecule has 0 aliphatic heterocycles. The summed E-state index contributed by atoms with van der Waals surface area (Å²) in [6.07, 6.45) is 3.87. The Bertz CT molecular complexity index is 564. The lowest BCUT2D eigenvalue weighted by molar-refractivity contribution is -0.128. The summed E-state index contributed by atoms with van der Waals surface area (Å²) in [4.78, 5) is 17.6. The first kappa shape index (κ1) is 14.0. The smallest absolute Gasteiger partial charge is 0.224 e. The van der Waals surface area contributed by atoms with Gasteiger partial charge in [-0.1, -0.05) is 6.07 Å². The number of aromatic nitrogens is 3. The first-order chi connectivity index (χ1) is 9.58. The standard InChI is InChI=1S/C14H19N5O/c1-10(8-13(20)19(2)3)17-12-9-16-18-14(12)11-6-4-5-7-15-11/h4-7,9-10,17H,8H2,1-3H3,(H,16,18). The molecular formula is C14H19N5O. The van der Waals surface area contributed by atoms with Crippen LogP contribution in [0.15, 0.2) is 30.6 Å². The maximum absolute atomic E-state index is 11.7. The van der Waals surface area contributed by atoms with Crippen molar-refractivity contribution in [3.05, 3.63) is 30.6 Å². The molecule has 6 heteroatoms. The predicted octanol–water partition coefficient (Wildman–Crippen LogP) is 1.75. The number of carbonyl (C=O) groups excluding carboxylic acids is 1. The van der Waals surface area contributed by atoms with Crippen LogP contribution in [0.2, 0.25) is 0 Å². The Morgan fingerprint density at radius 1 is 1.45 bits per heavy atom. The van der Waals surface area contributed by atoms with Gasteiger partial charge in [0.25, 0.3) is 0 Å². The van der Waals surface area contributed by atoms with E-state index in [0.717, 1.165) is 17.1 Å². The molecule has 1 unspecified atom stereocenters. The lowest BCUT2D eigenvalue weighted by Crippen LogP contribution is -2.28. The lowest BCUT2D eigenvalue weighted by atomic mass is 10.2. The Morgan fingerprint density at radius 2 is 2.25 bits per heavy atom. The van der Waals surface area contributed by atoms with Crippen LogP contribution in [0.1, 0.15) is 13.3 Å². The fourth-order valence-corrected chi connectivity index (χ4v) is 1.86. The zero-order valence-corrected chi connectivity index (χ0v) is 11.9. The number of anilines is 1. The molecule has 2 rings (SSSR count). The topological polar surface area (TPSA) is 73.9 Å². The summed E-state index contributed by atoms with van der Waals surface area (Å²) in [7, 11) is 3.51. The van der Waals surface area contributed by atoms with Crippen LogP contribution in [0.5, 0.6) is 0 Å². The van der Waals surface area contributed by atoms with E-state index in [1.165, 1.54) is 0 Å². The van der Waals surface area contributed by atoms with Crippen molar-refractivity contribution in [3.8, 4) is 11.4 Å². The van der Waals surface area contributed by atoms with E-state index in [-0.39, 0.29) is 11.9 Å². The SMILES string of the molecule is CC(CC(=O)N(C)C)Nc1cn[nH]c1-c1ccccn1. The Balaban J connectivity index is 2.08. The largest absolute Gasteiger partial charge is 0.379 e. The van der Waals surface area contributed by atoms with E-state index in [0.29, 0.717) is 6.42 Å². The van der Waals surface area contributed by atoms with Crippen molar-refractivity contribution in [2.75, 3.05) is 19.4 Å². The van der Waals surface area contributed by atoms with Gasteiger partial charge in [0.05, 0.1) is 17.6 Å². The highest BCUT2D eigenvalue weighted by atomic mass is 16.2. The number of amides is 1.